The van der Waals surface area contributed by atoms with Gasteiger partial charge in [0.2, 0.25) is 5.91 Å². The molecule has 1 aliphatic rings. The van der Waals surface area contributed by atoms with Crippen LogP contribution in [0.4, 0.5) is 5.69 Å². The van der Waals surface area contributed by atoms with Gasteiger partial charge in [0.1, 0.15) is 0 Å². The van der Waals surface area contributed by atoms with Crippen molar-refractivity contribution in [1.29, 1.82) is 0 Å². The molecule has 1 aromatic carbocycles. The molecule has 1 aliphatic heterocycles. The molecule has 1 saturated heterocycles. The minimum absolute atomic E-state index is 0.107. The average molecular weight is 379 g/mol. The van der Waals surface area contributed by atoms with Crippen LogP contribution in [0.2, 0.25) is 5.02 Å². The van der Waals surface area contributed by atoms with Gasteiger partial charge < -0.3 is 10.6 Å². The molecular weight excluding hydrogens is 363 g/mol. The molecule has 2 rings (SSSR count). The zero-order chi connectivity index (χ0) is 13.2. The Morgan fingerprint density at radius 1 is 1.61 bits per heavy atom. The van der Waals surface area contributed by atoms with Crippen LogP contribution >= 0.6 is 34.2 Å². The van der Waals surface area contributed by atoms with Crippen molar-refractivity contribution in [2.45, 2.75) is 19.8 Å². The summed E-state index contributed by atoms with van der Waals surface area (Å²) in [5.74, 6) is 0.107. The monoisotopic (exact) mass is 378 g/mol. The Labute approximate surface area is 126 Å². The number of anilines is 1. The maximum absolute atomic E-state index is 12.4. The van der Waals surface area contributed by atoms with E-state index in [4.69, 9.17) is 11.6 Å². The number of hydrogen-bond donors (Lipinski definition) is 2. The Bertz CT molecular complexity index is 458. The summed E-state index contributed by atoms with van der Waals surface area (Å²) in [6, 6.07) is 5.50. The van der Waals surface area contributed by atoms with Crippen molar-refractivity contribution in [2.24, 2.45) is 5.41 Å². The van der Waals surface area contributed by atoms with E-state index in [9.17, 15) is 4.79 Å². The quantitative estimate of drug-likeness (QED) is 0.793. The third-order valence-electron chi connectivity index (χ3n) is 3.58. The Hall–Kier alpha value is -0.330. The second-order valence-corrected chi connectivity index (χ2v) is 6.24. The van der Waals surface area contributed by atoms with Gasteiger partial charge in [0.15, 0.2) is 0 Å². The lowest BCUT2D eigenvalue weighted by Crippen LogP contribution is -2.37. The van der Waals surface area contributed by atoms with Crippen LogP contribution in [0.3, 0.4) is 0 Å². The molecule has 1 atom stereocenters. The maximum Gasteiger partial charge on any atom is 0.231 e. The fourth-order valence-electron chi connectivity index (χ4n) is 2.25. The first kappa shape index (κ1) is 14.1. The molecule has 3 nitrogen and oxygen atoms in total. The third kappa shape index (κ3) is 2.81. The zero-order valence-electron chi connectivity index (χ0n) is 10.2. The normalized spacial score (nSPS) is 23.1. The zero-order valence-corrected chi connectivity index (χ0v) is 13.1. The van der Waals surface area contributed by atoms with Gasteiger partial charge in [-0.2, -0.15) is 0 Å². The van der Waals surface area contributed by atoms with Crippen molar-refractivity contribution in [3.05, 3.63) is 26.8 Å². The fourth-order valence-corrected chi connectivity index (χ4v) is 3.25. The van der Waals surface area contributed by atoms with E-state index in [1.165, 1.54) is 0 Å². The van der Waals surface area contributed by atoms with Gasteiger partial charge in [0.05, 0.1) is 11.1 Å². The lowest BCUT2D eigenvalue weighted by Gasteiger charge is -2.25. The van der Waals surface area contributed by atoms with Gasteiger partial charge in [-0.15, -0.1) is 0 Å². The summed E-state index contributed by atoms with van der Waals surface area (Å²) < 4.78 is 0.964. The summed E-state index contributed by atoms with van der Waals surface area (Å²) in [6.07, 6.45) is 1.76. The van der Waals surface area contributed by atoms with E-state index < -0.39 is 0 Å². The van der Waals surface area contributed by atoms with Crippen LogP contribution in [0.1, 0.15) is 19.8 Å². The Morgan fingerprint density at radius 3 is 2.94 bits per heavy atom. The summed E-state index contributed by atoms with van der Waals surface area (Å²) in [5, 5.41) is 6.98. The molecule has 0 aromatic heterocycles. The molecule has 1 fully saturated rings. The van der Waals surface area contributed by atoms with E-state index in [1.807, 2.05) is 12.1 Å². The van der Waals surface area contributed by atoms with Crippen LogP contribution in [0, 0.1) is 8.99 Å². The summed E-state index contributed by atoms with van der Waals surface area (Å²) in [4.78, 5) is 12.4. The first-order valence-corrected chi connectivity index (χ1v) is 7.50. The number of carbonyl (C=O) groups excluding carboxylic acids is 1. The van der Waals surface area contributed by atoms with Gasteiger partial charge >= 0.3 is 0 Å². The van der Waals surface area contributed by atoms with Crippen molar-refractivity contribution in [3.63, 3.8) is 0 Å². The summed E-state index contributed by atoms with van der Waals surface area (Å²) in [7, 11) is 0. The van der Waals surface area contributed by atoms with Crippen LogP contribution in [-0.2, 0) is 4.79 Å². The first-order chi connectivity index (χ1) is 8.57. The van der Waals surface area contributed by atoms with Crippen LogP contribution < -0.4 is 10.6 Å². The van der Waals surface area contributed by atoms with Gasteiger partial charge in [0.25, 0.3) is 0 Å². The second kappa shape index (κ2) is 5.75. The first-order valence-electron chi connectivity index (χ1n) is 6.04. The van der Waals surface area contributed by atoms with Crippen LogP contribution in [0.15, 0.2) is 18.2 Å². The highest BCUT2D eigenvalue weighted by Crippen LogP contribution is 2.32. The number of hydrogen-bond acceptors (Lipinski definition) is 2. The molecule has 2 N–H and O–H groups in total. The lowest BCUT2D eigenvalue weighted by molar-refractivity contribution is -0.124. The summed E-state index contributed by atoms with van der Waals surface area (Å²) in [5.41, 5.74) is 0.577. The van der Waals surface area contributed by atoms with E-state index in [0.717, 1.165) is 35.2 Å². The molecule has 0 saturated carbocycles. The molecule has 1 amide bonds. The molecule has 0 aliphatic carbocycles. The van der Waals surface area contributed by atoms with Crippen molar-refractivity contribution < 1.29 is 4.79 Å². The average Bonchev–Trinajstić information content (AvgIpc) is 2.82. The van der Waals surface area contributed by atoms with Gasteiger partial charge in [-0.3, -0.25) is 4.79 Å². The Kier molecular flexibility index (Phi) is 4.50. The smallest absolute Gasteiger partial charge is 0.231 e. The van der Waals surface area contributed by atoms with Crippen LogP contribution in [0.5, 0.6) is 0 Å². The fraction of sp³-hybridized carbons (Fsp3) is 0.462. The topological polar surface area (TPSA) is 41.1 Å². The largest absolute Gasteiger partial charge is 0.325 e. The van der Waals surface area contributed by atoms with Gasteiger partial charge in [0, 0.05) is 15.1 Å². The van der Waals surface area contributed by atoms with Crippen LogP contribution in [0.25, 0.3) is 0 Å². The van der Waals surface area contributed by atoms with E-state index in [1.54, 1.807) is 6.07 Å². The predicted octanol–water partition coefficient (Wildman–Crippen LogP) is 3.27. The third-order valence-corrected chi connectivity index (χ3v) is 4.71. The highest BCUT2D eigenvalue weighted by molar-refractivity contribution is 14.1. The molecule has 0 bridgehead atoms. The number of amides is 1. The van der Waals surface area contributed by atoms with Gasteiger partial charge in [-0.1, -0.05) is 18.5 Å². The molecule has 98 valence electrons. The molecular formula is C13H16ClIN2O. The minimum Gasteiger partial charge on any atom is -0.325 e. The van der Waals surface area contributed by atoms with E-state index in [-0.39, 0.29) is 11.3 Å². The van der Waals surface area contributed by atoms with E-state index in [2.05, 4.69) is 40.1 Å². The Balaban J connectivity index is 2.15. The minimum atomic E-state index is -0.261. The molecule has 18 heavy (non-hydrogen) atoms. The standard InChI is InChI=1S/C13H16ClIN2O/c1-2-13(5-6-16-8-13)12(18)17-11-4-3-9(14)7-10(11)15/h3-4,7,16H,2,5-6,8H2,1H3,(H,17,18). The molecule has 1 unspecified atom stereocenters. The van der Waals surface area contributed by atoms with E-state index in [0.29, 0.717) is 5.02 Å². The SMILES string of the molecule is CCC1(C(=O)Nc2ccc(Cl)cc2I)CCNC1. The Morgan fingerprint density at radius 2 is 2.39 bits per heavy atom. The molecule has 1 heterocycles. The molecule has 1 aromatic rings. The van der Waals surface area contributed by atoms with Crippen molar-refractivity contribution in [3.8, 4) is 0 Å². The van der Waals surface area contributed by atoms with Crippen molar-refractivity contribution >= 4 is 45.8 Å². The van der Waals surface area contributed by atoms with Crippen LogP contribution in [-0.4, -0.2) is 19.0 Å². The van der Waals surface area contributed by atoms with Gasteiger partial charge in [-0.05, 0) is 60.2 Å². The second-order valence-electron chi connectivity index (χ2n) is 4.64. The van der Waals surface area contributed by atoms with Gasteiger partial charge in [-0.25, -0.2) is 0 Å². The number of carbonyl (C=O) groups is 1. The highest BCUT2D eigenvalue weighted by atomic mass is 127. The lowest BCUT2D eigenvalue weighted by atomic mass is 9.83. The number of rotatable bonds is 3. The molecule has 0 spiro atoms. The van der Waals surface area contributed by atoms with Crippen molar-refractivity contribution in [1.82, 2.24) is 5.32 Å². The summed E-state index contributed by atoms with van der Waals surface area (Å²) >= 11 is 8.09. The predicted molar refractivity (Wildman–Crippen MR) is 83.0 cm³/mol. The number of halogens is 2. The highest BCUT2D eigenvalue weighted by Gasteiger charge is 2.39. The van der Waals surface area contributed by atoms with E-state index >= 15 is 0 Å². The number of nitrogens with one attached hydrogen (secondary N) is 2. The summed E-state index contributed by atoms with van der Waals surface area (Å²) in [6.45, 7) is 3.75. The number of benzene rings is 1. The molecule has 0 radical (unpaired) electrons. The molecule has 5 heteroatoms. The van der Waals surface area contributed by atoms with Crippen molar-refractivity contribution in [2.75, 3.05) is 18.4 Å². The maximum atomic E-state index is 12.4.